The summed E-state index contributed by atoms with van der Waals surface area (Å²) < 4.78 is 26.9. The van der Waals surface area contributed by atoms with Crippen molar-refractivity contribution in [2.75, 3.05) is 5.75 Å². The van der Waals surface area contributed by atoms with E-state index in [-0.39, 0.29) is 17.1 Å². The van der Waals surface area contributed by atoms with Crippen molar-refractivity contribution in [3.8, 4) is 11.1 Å². The molecule has 0 bridgehead atoms. The number of halogens is 2. The van der Waals surface area contributed by atoms with E-state index < -0.39 is 17.6 Å². The summed E-state index contributed by atoms with van der Waals surface area (Å²) in [6.07, 6.45) is 1.41. The number of hydrogen-bond donors (Lipinski definition) is 2. The number of nitrogens with zero attached hydrogens (tertiary/aromatic N) is 2. The minimum Gasteiger partial charge on any atom is -0.272 e. The van der Waals surface area contributed by atoms with Crippen LogP contribution in [0.5, 0.6) is 0 Å². The minimum absolute atomic E-state index is 0.0393. The van der Waals surface area contributed by atoms with Gasteiger partial charge in [-0.3, -0.25) is 20.4 Å². The van der Waals surface area contributed by atoms with Gasteiger partial charge < -0.3 is 0 Å². The Kier molecular flexibility index (Phi) is 6.19. The Labute approximate surface area is 183 Å². The molecule has 156 valence electrons. The number of aromatic nitrogens is 2. The summed E-state index contributed by atoms with van der Waals surface area (Å²) in [6.45, 7) is 0. The van der Waals surface area contributed by atoms with Gasteiger partial charge in [-0.25, -0.2) is 18.7 Å². The summed E-state index contributed by atoms with van der Waals surface area (Å²) in [6, 6.07) is 11.6. The summed E-state index contributed by atoms with van der Waals surface area (Å²) >= 11 is 2.59. The number of rotatable bonds is 5. The van der Waals surface area contributed by atoms with Crippen LogP contribution >= 0.6 is 23.1 Å². The lowest BCUT2D eigenvalue weighted by molar-refractivity contribution is -0.119. The third-order valence-corrected chi connectivity index (χ3v) is 6.14. The summed E-state index contributed by atoms with van der Waals surface area (Å²) in [5.41, 5.74) is 5.94. The Balaban J connectivity index is 1.45. The quantitative estimate of drug-likeness (QED) is 0.267. The van der Waals surface area contributed by atoms with E-state index in [1.165, 1.54) is 59.8 Å². The molecule has 0 aliphatic carbocycles. The van der Waals surface area contributed by atoms with Crippen LogP contribution in [0.3, 0.4) is 0 Å². The molecule has 0 fully saturated rings. The smallest absolute Gasteiger partial charge is 0.272 e. The molecule has 0 aliphatic rings. The number of nitrogens with one attached hydrogen (secondary N) is 2. The van der Waals surface area contributed by atoms with Gasteiger partial charge in [0.15, 0.2) is 0 Å². The van der Waals surface area contributed by atoms with Gasteiger partial charge in [0.2, 0.25) is 5.91 Å². The zero-order chi connectivity index (χ0) is 21.8. The van der Waals surface area contributed by atoms with Crippen LogP contribution in [0.2, 0.25) is 0 Å². The van der Waals surface area contributed by atoms with Crippen LogP contribution in [0.4, 0.5) is 8.78 Å². The van der Waals surface area contributed by atoms with Crippen LogP contribution in [-0.2, 0) is 4.79 Å². The second-order valence-electron chi connectivity index (χ2n) is 6.29. The predicted octanol–water partition coefficient (Wildman–Crippen LogP) is 4.19. The normalized spacial score (nSPS) is 10.8. The molecule has 0 radical (unpaired) electrons. The summed E-state index contributed by atoms with van der Waals surface area (Å²) in [7, 11) is 0. The first-order chi connectivity index (χ1) is 15.0. The van der Waals surface area contributed by atoms with E-state index in [0.717, 1.165) is 27.4 Å². The fourth-order valence-corrected chi connectivity index (χ4v) is 4.60. The second kappa shape index (κ2) is 9.19. The van der Waals surface area contributed by atoms with Crippen molar-refractivity contribution in [2.45, 2.75) is 5.03 Å². The average Bonchev–Trinajstić information content (AvgIpc) is 3.22. The Morgan fingerprint density at radius 3 is 2.55 bits per heavy atom. The van der Waals surface area contributed by atoms with Crippen LogP contribution < -0.4 is 10.9 Å². The number of thioether (sulfide) groups is 1. The molecule has 10 heteroatoms. The molecule has 2 heterocycles. The van der Waals surface area contributed by atoms with Crippen molar-refractivity contribution >= 4 is 45.1 Å². The molecular weight excluding hydrogens is 442 g/mol. The topological polar surface area (TPSA) is 84.0 Å². The van der Waals surface area contributed by atoms with Gasteiger partial charge >= 0.3 is 0 Å². The highest BCUT2D eigenvalue weighted by Crippen LogP contribution is 2.37. The highest BCUT2D eigenvalue weighted by atomic mass is 32.2. The Bertz CT molecular complexity index is 1260. The van der Waals surface area contributed by atoms with Gasteiger partial charge in [-0.15, -0.1) is 11.3 Å². The molecular formula is C21H14F2N4O2S2. The Morgan fingerprint density at radius 1 is 1.00 bits per heavy atom. The van der Waals surface area contributed by atoms with Gasteiger partial charge in [0.1, 0.15) is 27.8 Å². The van der Waals surface area contributed by atoms with Crippen molar-refractivity contribution in [3.05, 3.63) is 77.4 Å². The van der Waals surface area contributed by atoms with E-state index in [1.807, 2.05) is 5.38 Å². The third-order valence-electron chi connectivity index (χ3n) is 4.26. The monoisotopic (exact) mass is 456 g/mol. The number of hydrogen-bond acceptors (Lipinski definition) is 6. The summed E-state index contributed by atoms with van der Waals surface area (Å²) in [5.74, 6) is -2.29. The van der Waals surface area contributed by atoms with Crippen LogP contribution in [0.15, 0.2) is 65.3 Å². The fourth-order valence-electron chi connectivity index (χ4n) is 2.81. The highest BCUT2D eigenvalue weighted by molar-refractivity contribution is 8.00. The predicted molar refractivity (Wildman–Crippen MR) is 116 cm³/mol. The molecule has 4 aromatic rings. The van der Waals surface area contributed by atoms with Crippen LogP contribution in [0.1, 0.15) is 10.4 Å². The average molecular weight is 456 g/mol. The van der Waals surface area contributed by atoms with E-state index in [1.54, 1.807) is 12.1 Å². The van der Waals surface area contributed by atoms with E-state index in [2.05, 4.69) is 20.8 Å². The first-order valence-electron chi connectivity index (χ1n) is 8.97. The minimum atomic E-state index is -0.752. The zero-order valence-corrected chi connectivity index (χ0v) is 17.4. The Morgan fingerprint density at radius 2 is 1.77 bits per heavy atom. The number of carbonyl (C=O) groups excluding carboxylic acids is 2. The molecule has 0 atom stereocenters. The number of benzene rings is 2. The molecule has 0 aliphatic heterocycles. The van der Waals surface area contributed by atoms with Gasteiger partial charge in [-0.1, -0.05) is 36.0 Å². The molecule has 0 saturated carbocycles. The number of amides is 2. The van der Waals surface area contributed by atoms with Crippen molar-refractivity contribution < 1.29 is 18.4 Å². The number of thiophene rings is 1. The molecule has 2 N–H and O–H groups in total. The molecule has 2 amide bonds. The molecule has 2 aromatic carbocycles. The lowest BCUT2D eigenvalue weighted by atomic mass is 10.1. The number of hydrazine groups is 1. The maximum atomic E-state index is 13.6. The first kappa shape index (κ1) is 20.9. The largest absolute Gasteiger partial charge is 0.272 e. The van der Waals surface area contributed by atoms with Crippen LogP contribution in [0, 0.1) is 11.6 Å². The number of fused-ring (bicyclic) bond motifs is 1. The highest BCUT2D eigenvalue weighted by Gasteiger charge is 2.16. The zero-order valence-electron chi connectivity index (χ0n) is 15.8. The van der Waals surface area contributed by atoms with Gasteiger partial charge in [0, 0.05) is 10.9 Å². The molecule has 4 rings (SSSR count). The standard InChI is InChI=1S/C21H14F2N4O2S2/c22-13-7-5-12(6-8-13)15-9-30-20-18(15)21(25-11-24-20)31-10-17(28)26-27-19(29)14-3-1-2-4-16(14)23/h1-9,11H,10H2,(H,26,28)(H,27,29). The lowest BCUT2D eigenvalue weighted by Crippen LogP contribution is -2.42. The van der Waals surface area contributed by atoms with Crippen molar-refractivity contribution in [3.63, 3.8) is 0 Å². The molecule has 0 spiro atoms. The van der Waals surface area contributed by atoms with E-state index in [4.69, 9.17) is 0 Å². The van der Waals surface area contributed by atoms with E-state index >= 15 is 0 Å². The maximum Gasteiger partial charge on any atom is 0.272 e. The summed E-state index contributed by atoms with van der Waals surface area (Å²) in [4.78, 5) is 33.5. The molecule has 2 aromatic heterocycles. The maximum absolute atomic E-state index is 13.6. The van der Waals surface area contributed by atoms with Crippen LogP contribution in [0.25, 0.3) is 21.3 Å². The van der Waals surface area contributed by atoms with Gasteiger partial charge in [-0.05, 0) is 29.8 Å². The number of carbonyl (C=O) groups is 2. The van der Waals surface area contributed by atoms with Gasteiger partial charge in [0.25, 0.3) is 5.91 Å². The summed E-state index contributed by atoms with van der Waals surface area (Å²) in [5, 5.41) is 3.26. The van der Waals surface area contributed by atoms with Crippen molar-refractivity contribution in [1.29, 1.82) is 0 Å². The second-order valence-corrected chi connectivity index (χ2v) is 8.11. The fraction of sp³-hybridized carbons (Fsp3) is 0.0476. The SMILES string of the molecule is O=C(CSc1ncnc2scc(-c3ccc(F)cc3)c12)NNC(=O)c1ccccc1F. The Hall–Kier alpha value is -3.37. The third kappa shape index (κ3) is 4.70. The first-order valence-corrected chi connectivity index (χ1v) is 10.8. The van der Waals surface area contributed by atoms with Gasteiger partial charge in [0.05, 0.1) is 16.7 Å². The molecule has 0 unspecified atom stereocenters. The van der Waals surface area contributed by atoms with Crippen molar-refractivity contribution in [1.82, 2.24) is 20.8 Å². The molecule has 31 heavy (non-hydrogen) atoms. The molecule has 6 nitrogen and oxygen atoms in total. The van der Waals surface area contributed by atoms with E-state index in [0.29, 0.717) is 5.03 Å². The lowest BCUT2D eigenvalue weighted by Gasteiger charge is -2.08. The molecule has 0 saturated heterocycles. The van der Waals surface area contributed by atoms with Crippen molar-refractivity contribution in [2.24, 2.45) is 0 Å². The van der Waals surface area contributed by atoms with E-state index in [9.17, 15) is 18.4 Å². The van der Waals surface area contributed by atoms with Crippen LogP contribution in [-0.4, -0.2) is 27.5 Å². The van der Waals surface area contributed by atoms with Gasteiger partial charge in [-0.2, -0.15) is 0 Å².